The van der Waals surface area contributed by atoms with Crippen LogP contribution in [-0.2, 0) is 0 Å². The molecule has 9 heavy (non-hydrogen) atoms. The lowest BCUT2D eigenvalue weighted by molar-refractivity contribution is 0.521. The van der Waals surface area contributed by atoms with Crippen LogP contribution in [0.3, 0.4) is 0 Å². The van der Waals surface area contributed by atoms with Crippen LogP contribution in [-0.4, -0.2) is 12.4 Å². The minimum Gasteiger partial charge on any atom is -0.132 e. The van der Waals surface area contributed by atoms with Crippen molar-refractivity contribution in [2.24, 2.45) is 0 Å². The number of hydrogen-bond donors (Lipinski definition) is 0. The third kappa shape index (κ3) is 2.30. The van der Waals surface area contributed by atoms with E-state index in [1.54, 1.807) is 0 Å². The van der Waals surface area contributed by atoms with E-state index in [-0.39, 0.29) is 0 Å². The lowest BCUT2D eigenvalue weighted by atomic mass is 9.51. The monoisotopic (exact) mass is 143 g/mol. The molecule has 1 atom stereocenters. The van der Waals surface area contributed by atoms with Gasteiger partial charge >= 0.3 is 0 Å². The van der Waals surface area contributed by atoms with E-state index in [9.17, 15) is 0 Å². The van der Waals surface area contributed by atoms with Crippen LogP contribution in [0.4, 0.5) is 0 Å². The second-order valence-corrected chi connectivity index (χ2v) is 5.18. The molecule has 2 heteroatoms. The molecule has 0 aromatic carbocycles. The van der Waals surface area contributed by atoms with Gasteiger partial charge in [-0.1, -0.05) is 39.8 Å². The van der Waals surface area contributed by atoms with E-state index in [1.807, 2.05) is 0 Å². The fourth-order valence-electron chi connectivity index (χ4n) is 0.372. The Bertz CT molecular complexity index is 91.6. The van der Waals surface area contributed by atoms with Gasteiger partial charge in [-0.05, 0) is 5.16 Å². The highest BCUT2D eigenvalue weighted by Crippen LogP contribution is 2.43. The van der Waals surface area contributed by atoms with Crippen molar-refractivity contribution >= 4 is 16.5 Å². The smallest absolute Gasteiger partial charge is 0.114 e. The molecule has 1 unspecified atom stereocenters. The van der Waals surface area contributed by atoms with Gasteiger partial charge in [0.05, 0.1) is 0 Å². The van der Waals surface area contributed by atoms with Crippen LogP contribution in [0.2, 0.25) is 12.1 Å². The fourth-order valence-corrected chi connectivity index (χ4v) is 0.539. The van der Waals surface area contributed by atoms with Gasteiger partial charge in [-0.3, -0.25) is 0 Å². The summed E-state index contributed by atoms with van der Waals surface area (Å²) in [6.07, 6.45) is 0. The van der Waals surface area contributed by atoms with Crippen molar-refractivity contribution in [2.75, 3.05) is 0 Å². The van der Waals surface area contributed by atoms with Gasteiger partial charge in [0.1, 0.15) is 7.28 Å². The van der Waals surface area contributed by atoms with Crippen LogP contribution in [0.15, 0.2) is 0 Å². The van der Waals surface area contributed by atoms with E-state index < -0.39 is 0 Å². The first-order chi connectivity index (χ1) is 3.81. The molecule has 0 spiro atoms. The third-order valence-electron chi connectivity index (χ3n) is 2.38. The Morgan fingerprint density at radius 1 is 1.11 bits per heavy atom. The molecule has 0 fully saturated rings. The fraction of sp³-hybridized carbons (Fsp3) is 1.00. The van der Waals surface area contributed by atoms with E-state index in [0.717, 1.165) is 0 Å². The molecule has 0 rings (SSSR count). The second kappa shape index (κ2) is 2.62. The highest BCUT2D eigenvalue weighted by molar-refractivity contribution is 7.19. The Kier molecular flexibility index (Phi) is 2.76. The maximum atomic E-state index is 2.87. The average Bonchev–Trinajstić information content (AvgIpc) is 1.64. The molecule has 1 radical (unpaired) electrons. The zero-order valence-corrected chi connectivity index (χ0v) is 8.31. The molecule has 0 nitrogen and oxygen atoms in total. The summed E-state index contributed by atoms with van der Waals surface area (Å²) in [5.74, 6) is 0. The maximum absolute atomic E-state index is 2.87. The Balaban J connectivity index is 4.14. The normalized spacial score (nSPS) is 13.6. The van der Waals surface area contributed by atoms with Crippen LogP contribution >= 0.6 is 9.24 Å². The Morgan fingerprint density at radius 2 is 1.44 bits per heavy atom. The van der Waals surface area contributed by atoms with Crippen LogP contribution in [0.5, 0.6) is 0 Å². The summed E-state index contributed by atoms with van der Waals surface area (Å²) in [6.45, 7) is 11.1. The summed E-state index contributed by atoms with van der Waals surface area (Å²) in [5, 5.41) is 0.624. The maximum Gasteiger partial charge on any atom is 0.114 e. The van der Waals surface area contributed by atoms with Crippen molar-refractivity contribution < 1.29 is 0 Å². The summed E-state index contributed by atoms with van der Waals surface area (Å²) in [5.41, 5.74) is 0. The summed E-state index contributed by atoms with van der Waals surface area (Å²) < 4.78 is 0. The van der Waals surface area contributed by atoms with Gasteiger partial charge in [0.25, 0.3) is 0 Å². The van der Waals surface area contributed by atoms with Gasteiger partial charge in [-0.15, -0.1) is 9.24 Å². The van der Waals surface area contributed by atoms with E-state index >= 15 is 0 Å². The molecule has 0 amide bonds. The predicted molar refractivity (Wildman–Crippen MR) is 49.4 cm³/mol. The summed E-state index contributed by atoms with van der Waals surface area (Å²) in [7, 11) is 5.12. The van der Waals surface area contributed by atoms with Crippen LogP contribution in [0.25, 0.3) is 0 Å². The number of rotatable bonds is 2. The van der Waals surface area contributed by atoms with Crippen molar-refractivity contribution in [1.29, 1.82) is 0 Å². The Labute approximate surface area is 62.2 Å². The lowest BCUT2D eigenvalue weighted by Crippen LogP contribution is -2.30. The average molecular weight is 143 g/mol. The quantitative estimate of drug-likeness (QED) is 0.411. The van der Waals surface area contributed by atoms with Crippen molar-refractivity contribution in [1.82, 2.24) is 0 Å². The Morgan fingerprint density at radius 3 is 1.44 bits per heavy atom. The van der Waals surface area contributed by atoms with Crippen molar-refractivity contribution in [3.05, 3.63) is 0 Å². The first kappa shape index (κ1) is 9.49. The summed E-state index contributed by atoms with van der Waals surface area (Å²) in [6, 6.07) is 0. The topological polar surface area (TPSA) is 0 Å². The van der Waals surface area contributed by atoms with E-state index in [4.69, 9.17) is 0 Å². The van der Waals surface area contributed by atoms with Gasteiger partial charge in [0.2, 0.25) is 0 Å². The van der Waals surface area contributed by atoms with Gasteiger partial charge in [0.15, 0.2) is 0 Å². The first-order valence-electron chi connectivity index (χ1n) is 3.40. The van der Waals surface area contributed by atoms with Gasteiger partial charge in [-0.2, -0.15) is 0 Å². The van der Waals surface area contributed by atoms with Gasteiger partial charge < -0.3 is 0 Å². The zero-order valence-electron chi connectivity index (χ0n) is 7.15. The highest BCUT2D eigenvalue weighted by Gasteiger charge is 2.30. The predicted octanol–water partition coefficient (Wildman–Crippen LogP) is 2.59. The molecule has 0 aromatic heterocycles. The van der Waals surface area contributed by atoms with Crippen molar-refractivity contribution in [3.8, 4) is 0 Å². The molecular formula is C7H17BP. The summed E-state index contributed by atoms with van der Waals surface area (Å²) in [4.78, 5) is 0. The molecule has 0 aliphatic heterocycles. The minimum atomic E-state index is 0.307. The number of hydrogen-bond acceptors (Lipinski definition) is 0. The highest BCUT2D eigenvalue weighted by atomic mass is 31.0. The first-order valence-corrected chi connectivity index (χ1v) is 3.98. The SMILES string of the molecule is C[B]C(C)(C)C(C)(C)P. The van der Waals surface area contributed by atoms with Gasteiger partial charge in [0, 0.05) is 0 Å². The van der Waals surface area contributed by atoms with E-state index in [0.29, 0.717) is 10.5 Å². The zero-order chi connectivity index (χ0) is 7.71. The largest absolute Gasteiger partial charge is 0.132 e. The van der Waals surface area contributed by atoms with Crippen LogP contribution < -0.4 is 0 Å². The molecular weight excluding hydrogens is 126 g/mol. The molecule has 0 saturated carbocycles. The molecule has 0 aliphatic rings. The standard InChI is InChI=1S/C7H17BP/c1-6(2,8-5)7(3,4)9/h9H2,1-5H3. The molecule has 0 aliphatic carbocycles. The minimum absolute atomic E-state index is 0.307. The lowest BCUT2D eigenvalue weighted by Gasteiger charge is -2.37. The van der Waals surface area contributed by atoms with Crippen LogP contribution in [0.1, 0.15) is 27.7 Å². The molecule has 0 aromatic rings. The van der Waals surface area contributed by atoms with Crippen LogP contribution in [0, 0.1) is 0 Å². The Hall–Kier alpha value is 0.495. The van der Waals surface area contributed by atoms with Crippen molar-refractivity contribution in [3.63, 3.8) is 0 Å². The van der Waals surface area contributed by atoms with Crippen molar-refractivity contribution in [2.45, 2.75) is 45.0 Å². The molecule has 0 heterocycles. The van der Waals surface area contributed by atoms with E-state index in [1.165, 1.54) is 0 Å². The third-order valence-corrected chi connectivity index (χ3v) is 3.13. The van der Waals surface area contributed by atoms with E-state index in [2.05, 4.69) is 51.0 Å². The van der Waals surface area contributed by atoms with Gasteiger partial charge in [-0.25, -0.2) is 0 Å². The molecule has 0 N–H and O–H groups in total. The molecule has 0 bridgehead atoms. The second-order valence-electron chi connectivity index (χ2n) is 3.73. The summed E-state index contributed by atoms with van der Waals surface area (Å²) >= 11 is 0. The molecule has 0 saturated heterocycles. The molecule has 53 valence electrons.